The molecule has 3 rings (SSSR count). The van der Waals surface area contributed by atoms with Gasteiger partial charge in [0.25, 0.3) is 20.0 Å². The van der Waals surface area contributed by atoms with Gasteiger partial charge in [-0.3, -0.25) is 14.1 Å². The summed E-state index contributed by atoms with van der Waals surface area (Å²) in [4.78, 5) is 3.97. The van der Waals surface area contributed by atoms with Crippen molar-refractivity contribution in [1.29, 1.82) is 0 Å². The number of nitrogens with zero attached hydrogens (tertiary/aromatic N) is 3. The van der Waals surface area contributed by atoms with Gasteiger partial charge in [-0.1, -0.05) is 0 Å². The summed E-state index contributed by atoms with van der Waals surface area (Å²) < 4.78 is 56.2. The van der Waals surface area contributed by atoms with Crippen molar-refractivity contribution in [2.75, 3.05) is 9.44 Å². The molecule has 12 heteroatoms. The minimum Gasteiger partial charge on any atom is -0.280 e. The predicted molar refractivity (Wildman–Crippen MR) is 103 cm³/mol. The summed E-state index contributed by atoms with van der Waals surface area (Å²) in [6.45, 7) is 3.27. The molecule has 0 atom stereocenters. The fraction of sp³-hybridized carbons (Fsp3) is 0.200. The normalized spacial score (nSPS) is 12.1. The van der Waals surface area contributed by atoms with E-state index in [2.05, 4.69) is 19.5 Å². The van der Waals surface area contributed by atoms with Crippen LogP contribution in [-0.4, -0.2) is 31.6 Å². The standard InChI is InChI=1S/C15H17N5O4S3/c1-10-14(11(2)20(3)17-10)27(23,24)18-12-4-6-13(7-5-12)26(21,22)19-15-16-8-9-25-15/h4-9,18H,1-3H3,(H,16,19). The molecule has 0 unspecified atom stereocenters. The summed E-state index contributed by atoms with van der Waals surface area (Å²) in [5, 5.41) is 6.01. The fourth-order valence-corrected chi connectivity index (χ4v) is 5.79. The van der Waals surface area contributed by atoms with Gasteiger partial charge in [-0.2, -0.15) is 5.10 Å². The molecular weight excluding hydrogens is 410 g/mol. The van der Waals surface area contributed by atoms with Crippen LogP contribution < -0.4 is 9.44 Å². The molecule has 2 heterocycles. The predicted octanol–water partition coefficient (Wildman–Crippen LogP) is 2.10. The van der Waals surface area contributed by atoms with Gasteiger partial charge in [0, 0.05) is 24.3 Å². The molecular formula is C15H17N5O4S3. The summed E-state index contributed by atoms with van der Waals surface area (Å²) in [7, 11) is -5.99. The minimum absolute atomic E-state index is 0.00520. The highest BCUT2D eigenvalue weighted by atomic mass is 32.2. The number of nitrogens with one attached hydrogen (secondary N) is 2. The summed E-state index contributed by atoms with van der Waals surface area (Å²) in [5.74, 6) is 0. The van der Waals surface area contributed by atoms with Gasteiger partial charge in [0.2, 0.25) is 0 Å². The van der Waals surface area contributed by atoms with E-state index in [4.69, 9.17) is 0 Å². The Morgan fingerprint density at radius 2 is 1.67 bits per heavy atom. The lowest BCUT2D eigenvalue weighted by Crippen LogP contribution is -2.15. The zero-order chi connectivity index (χ0) is 19.8. The zero-order valence-electron chi connectivity index (χ0n) is 14.7. The largest absolute Gasteiger partial charge is 0.280 e. The quantitative estimate of drug-likeness (QED) is 0.621. The van der Waals surface area contributed by atoms with Crippen molar-refractivity contribution >= 4 is 42.2 Å². The summed E-state index contributed by atoms with van der Waals surface area (Å²) in [5.41, 5.74) is 1.13. The van der Waals surface area contributed by atoms with E-state index in [9.17, 15) is 16.8 Å². The van der Waals surface area contributed by atoms with Crippen molar-refractivity contribution in [3.05, 3.63) is 47.2 Å². The van der Waals surface area contributed by atoms with Crippen molar-refractivity contribution < 1.29 is 16.8 Å². The Kier molecular flexibility index (Phi) is 4.97. The van der Waals surface area contributed by atoms with E-state index in [-0.39, 0.29) is 20.6 Å². The first-order chi connectivity index (χ1) is 12.6. The van der Waals surface area contributed by atoms with Crippen LogP contribution in [0.3, 0.4) is 0 Å². The number of hydrogen-bond donors (Lipinski definition) is 2. The maximum atomic E-state index is 12.6. The summed E-state index contributed by atoms with van der Waals surface area (Å²) in [6.07, 6.45) is 1.49. The molecule has 0 saturated heterocycles. The van der Waals surface area contributed by atoms with Crippen molar-refractivity contribution in [2.24, 2.45) is 7.05 Å². The Balaban J connectivity index is 1.83. The number of thiazole rings is 1. The molecule has 0 amide bonds. The van der Waals surface area contributed by atoms with E-state index in [1.807, 2.05) is 0 Å². The Labute approximate surface area is 161 Å². The first kappa shape index (κ1) is 19.3. The number of rotatable bonds is 6. The second kappa shape index (κ2) is 6.94. The van der Waals surface area contributed by atoms with Crippen LogP contribution in [0.25, 0.3) is 0 Å². The molecule has 0 spiro atoms. The van der Waals surface area contributed by atoms with Crippen LogP contribution in [0.5, 0.6) is 0 Å². The third-order valence-electron chi connectivity index (χ3n) is 3.78. The molecule has 0 aliphatic carbocycles. The number of aromatic nitrogens is 3. The smallest absolute Gasteiger partial charge is 0.265 e. The van der Waals surface area contributed by atoms with Crippen LogP contribution in [0.4, 0.5) is 10.8 Å². The van der Waals surface area contributed by atoms with Crippen LogP contribution in [0.1, 0.15) is 11.4 Å². The van der Waals surface area contributed by atoms with E-state index in [0.717, 1.165) is 11.3 Å². The molecule has 0 saturated carbocycles. The average molecular weight is 428 g/mol. The van der Waals surface area contributed by atoms with E-state index in [0.29, 0.717) is 11.4 Å². The van der Waals surface area contributed by atoms with Crippen molar-refractivity contribution in [3.8, 4) is 0 Å². The molecule has 0 radical (unpaired) electrons. The van der Waals surface area contributed by atoms with E-state index < -0.39 is 20.0 Å². The average Bonchev–Trinajstić information content (AvgIpc) is 3.15. The maximum absolute atomic E-state index is 12.6. The third-order valence-corrected chi connectivity index (χ3v) is 7.59. The van der Waals surface area contributed by atoms with Crippen LogP contribution in [0.2, 0.25) is 0 Å². The number of hydrogen-bond acceptors (Lipinski definition) is 7. The molecule has 2 N–H and O–H groups in total. The fourth-order valence-electron chi connectivity index (χ4n) is 2.50. The van der Waals surface area contributed by atoms with Gasteiger partial charge in [0.05, 0.1) is 16.3 Å². The Morgan fingerprint density at radius 1 is 1.00 bits per heavy atom. The van der Waals surface area contributed by atoms with Gasteiger partial charge in [-0.15, -0.1) is 11.3 Å². The van der Waals surface area contributed by atoms with Gasteiger partial charge in [-0.25, -0.2) is 21.8 Å². The van der Waals surface area contributed by atoms with Crippen LogP contribution >= 0.6 is 11.3 Å². The molecule has 0 fully saturated rings. The van der Waals surface area contributed by atoms with Crippen molar-refractivity contribution in [1.82, 2.24) is 14.8 Å². The molecule has 1 aromatic carbocycles. The lowest BCUT2D eigenvalue weighted by molar-refractivity contribution is 0.599. The Morgan fingerprint density at radius 3 is 2.19 bits per heavy atom. The van der Waals surface area contributed by atoms with Gasteiger partial charge in [-0.05, 0) is 38.1 Å². The second-order valence-corrected chi connectivity index (χ2v) is 9.89. The first-order valence-corrected chi connectivity index (χ1v) is 11.5. The third kappa shape index (κ3) is 3.96. The summed E-state index contributed by atoms with van der Waals surface area (Å²) >= 11 is 1.16. The Bertz CT molecular complexity index is 1170. The van der Waals surface area contributed by atoms with Crippen molar-refractivity contribution in [2.45, 2.75) is 23.6 Å². The van der Waals surface area contributed by atoms with E-state index in [1.165, 1.54) is 35.1 Å². The van der Waals surface area contributed by atoms with Crippen LogP contribution in [0.15, 0.2) is 45.6 Å². The number of aryl methyl sites for hydroxylation is 2. The zero-order valence-corrected chi connectivity index (χ0v) is 17.1. The molecule has 0 aliphatic heterocycles. The van der Waals surface area contributed by atoms with Crippen LogP contribution in [-0.2, 0) is 27.1 Å². The second-order valence-electron chi connectivity index (χ2n) is 5.70. The molecule has 3 aromatic rings. The monoisotopic (exact) mass is 427 g/mol. The molecule has 144 valence electrons. The van der Waals surface area contributed by atoms with E-state index in [1.54, 1.807) is 26.3 Å². The molecule has 0 aliphatic rings. The van der Waals surface area contributed by atoms with Gasteiger partial charge < -0.3 is 0 Å². The highest BCUT2D eigenvalue weighted by molar-refractivity contribution is 7.93. The molecule has 27 heavy (non-hydrogen) atoms. The van der Waals surface area contributed by atoms with Crippen LogP contribution in [0, 0.1) is 13.8 Å². The molecule has 0 bridgehead atoms. The summed E-state index contributed by atoms with van der Waals surface area (Å²) in [6, 6.07) is 5.40. The molecule has 2 aromatic heterocycles. The van der Waals surface area contributed by atoms with Gasteiger partial charge in [0.1, 0.15) is 4.90 Å². The first-order valence-electron chi connectivity index (χ1n) is 7.65. The number of sulfonamides is 2. The Hall–Kier alpha value is -2.44. The van der Waals surface area contributed by atoms with Gasteiger partial charge in [0.15, 0.2) is 5.13 Å². The topological polar surface area (TPSA) is 123 Å². The van der Waals surface area contributed by atoms with Gasteiger partial charge >= 0.3 is 0 Å². The lowest BCUT2D eigenvalue weighted by Gasteiger charge is -2.10. The van der Waals surface area contributed by atoms with Crippen molar-refractivity contribution in [3.63, 3.8) is 0 Å². The lowest BCUT2D eigenvalue weighted by atomic mass is 10.3. The number of anilines is 2. The highest BCUT2D eigenvalue weighted by Crippen LogP contribution is 2.24. The SMILES string of the molecule is Cc1nn(C)c(C)c1S(=O)(=O)Nc1ccc(S(=O)(=O)Nc2nccs2)cc1. The maximum Gasteiger partial charge on any atom is 0.265 e. The molecule has 9 nitrogen and oxygen atoms in total. The number of benzene rings is 1. The minimum atomic E-state index is -3.85. The highest BCUT2D eigenvalue weighted by Gasteiger charge is 2.24. The van der Waals surface area contributed by atoms with E-state index >= 15 is 0 Å².